The van der Waals surface area contributed by atoms with Crippen LogP contribution in [0.3, 0.4) is 0 Å². The first-order valence-corrected chi connectivity index (χ1v) is 11.4. The number of hydrogen-bond acceptors (Lipinski definition) is 7. The summed E-state index contributed by atoms with van der Waals surface area (Å²) in [5, 5.41) is 16.5. The Morgan fingerprint density at radius 3 is 2.36 bits per heavy atom. The molecular formula is C26H34N4O3. The SMILES string of the molecule is COC(C)(C)c1nc(-c2cncc([C@@](O)(c3ccc(C(C)C)cc3)C3(C)CN(C)C3)c2)no1. The molecule has 1 N–H and O–H groups in total. The third-order valence-electron chi connectivity index (χ3n) is 6.97. The highest BCUT2D eigenvalue weighted by atomic mass is 16.5. The molecule has 33 heavy (non-hydrogen) atoms. The highest BCUT2D eigenvalue weighted by Crippen LogP contribution is 2.50. The van der Waals surface area contributed by atoms with Crippen molar-refractivity contribution < 1.29 is 14.4 Å². The summed E-state index contributed by atoms with van der Waals surface area (Å²) < 4.78 is 10.9. The van der Waals surface area contributed by atoms with Gasteiger partial charge in [0.2, 0.25) is 5.82 Å². The smallest absolute Gasteiger partial charge is 0.258 e. The van der Waals surface area contributed by atoms with Gasteiger partial charge in [-0.15, -0.1) is 0 Å². The molecule has 1 aliphatic rings. The van der Waals surface area contributed by atoms with E-state index in [0.29, 0.717) is 28.8 Å². The van der Waals surface area contributed by atoms with E-state index in [0.717, 1.165) is 18.7 Å². The number of aromatic nitrogens is 3. The molecule has 0 unspecified atom stereocenters. The van der Waals surface area contributed by atoms with E-state index in [1.807, 2.05) is 32.0 Å². The average molecular weight is 451 g/mol. The van der Waals surface area contributed by atoms with E-state index in [1.54, 1.807) is 19.5 Å². The summed E-state index contributed by atoms with van der Waals surface area (Å²) >= 11 is 0. The monoisotopic (exact) mass is 450 g/mol. The van der Waals surface area contributed by atoms with Crippen LogP contribution in [0.4, 0.5) is 0 Å². The molecule has 0 saturated carbocycles. The minimum Gasteiger partial charge on any atom is -0.380 e. The maximum atomic E-state index is 12.4. The van der Waals surface area contributed by atoms with Gasteiger partial charge in [0.25, 0.3) is 5.89 Å². The number of rotatable bonds is 7. The van der Waals surface area contributed by atoms with Crippen molar-refractivity contribution in [2.75, 3.05) is 27.2 Å². The molecule has 3 aromatic rings. The maximum Gasteiger partial charge on any atom is 0.258 e. The molecule has 2 aromatic heterocycles. The average Bonchev–Trinajstić information content (AvgIpc) is 3.29. The molecule has 7 heteroatoms. The Bertz CT molecular complexity index is 1120. The Hall–Kier alpha value is -2.61. The number of benzene rings is 1. The van der Waals surface area contributed by atoms with Crippen molar-refractivity contribution in [2.24, 2.45) is 5.41 Å². The van der Waals surface area contributed by atoms with Gasteiger partial charge >= 0.3 is 0 Å². The van der Waals surface area contributed by atoms with Gasteiger partial charge in [0.1, 0.15) is 11.2 Å². The van der Waals surface area contributed by atoms with Crippen molar-refractivity contribution in [1.82, 2.24) is 20.0 Å². The molecule has 0 bridgehead atoms. The molecule has 4 rings (SSSR count). The van der Waals surface area contributed by atoms with Gasteiger partial charge in [-0.2, -0.15) is 4.98 Å². The van der Waals surface area contributed by atoms with E-state index in [1.165, 1.54) is 5.56 Å². The fourth-order valence-corrected chi connectivity index (χ4v) is 4.78. The van der Waals surface area contributed by atoms with Gasteiger partial charge in [0.15, 0.2) is 0 Å². The normalized spacial score (nSPS) is 18.2. The minimum atomic E-state index is -1.23. The fourth-order valence-electron chi connectivity index (χ4n) is 4.78. The second-order valence-electron chi connectivity index (χ2n) is 10.3. The standard InChI is InChI=1S/C26H34N4O3/c1-17(2)18-8-10-20(11-9-18)26(31,25(5)15-30(6)16-25)21-12-19(13-27-14-21)22-28-23(33-29-22)24(3,4)32-7/h8-14,17,31H,15-16H2,1-7H3/t26-/m0/s1. The van der Waals surface area contributed by atoms with E-state index in [9.17, 15) is 5.11 Å². The Morgan fingerprint density at radius 1 is 1.12 bits per heavy atom. The van der Waals surface area contributed by atoms with Crippen LogP contribution in [-0.4, -0.2) is 52.4 Å². The zero-order valence-corrected chi connectivity index (χ0v) is 20.6. The zero-order chi connectivity index (χ0) is 24.0. The zero-order valence-electron chi connectivity index (χ0n) is 20.6. The van der Waals surface area contributed by atoms with Gasteiger partial charge in [-0.25, -0.2) is 0 Å². The van der Waals surface area contributed by atoms with Gasteiger partial charge in [-0.1, -0.05) is 50.2 Å². The predicted molar refractivity (Wildman–Crippen MR) is 127 cm³/mol. The molecule has 0 aliphatic carbocycles. The molecule has 1 fully saturated rings. The second kappa shape index (κ2) is 8.31. The van der Waals surface area contributed by atoms with Crippen molar-refractivity contribution >= 4 is 0 Å². The van der Waals surface area contributed by atoms with Crippen molar-refractivity contribution in [1.29, 1.82) is 0 Å². The lowest BCUT2D eigenvalue weighted by Gasteiger charge is -2.55. The first kappa shape index (κ1) is 23.5. The van der Waals surface area contributed by atoms with Crippen LogP contribution in [0.2, 0.25) is 0 Å². The molecule has 7 nitrogen and oxygen atoms in total. The van der Waals surface area contributed by atoms with E-state index in [2.05, 4.69) is 60.0 Å². The molecule has 0 radical (unpaired) electrons. The van der Waals surface area contributed by atoms with Crippen LogP contribution in [0.1, 0.15) is 63.1 Å². The fraction of sp³-hybridized carbons (Fsp3) is 0.500. The van der Waals surface area contributed by atoms with E-state index in [-0.39, 0.29) is 5.41 Å². The summed E-state index contributed by atoms with van der Waals surface area (Å²) in [6.07, 6.45) is 3.43. The molecule has 1 aromatic carbocycles. The van der Waals surface area contributed by atoms with Crippen LogP contribution < -0.4 is 0 Å². The van der Waals surface area contributed by atoms with Crippen molar-refractivity contribution in [3.8, 4) is 11.4 Å². The quantitative estimate of drug-likeness (QED) is 0.574. The summed E-state index contributed by atoms with van der Waals surface area (Å²) in [5.74, 6) is 1.22. The number of pyridine rings is 1. The summed E-state index contributed by atoms with van der Waals surface area (Å²) in [4.78, 5) is 11.2. The molecule has 1 aliphatic heterocycles. The number of nitrogens with zero attached hydrogens (tertiary/aromatic N) is 4. The van der Waals surface area contributed by atoms with Crippen LogP contribution in [0.5, 0.6) is 0 Å². The second-order valence-corrected chi connectivity index (χ2v) is 10.3. The lowest BCUT2D eigenvalue weighted by molar-refractivity contribution is -0.127. The molecule has 1 saturated heterocycles. The Labute approximate surface area is 195 Å². The van der Waals surface area contributed by atoms with Gasteiger partial charge in [0.05, 0.1) is 0 Å². The summed E-state index contributed by atoms with van der Waals surface area (Å²) in [6, 6.07) is 10.2. The Balaban J connectivity index is 1.79. The Kier molecular flexibility index (Phi) is 5.93. The first-order chi connectivity index (χ1) is 15.5. The number of ether oxygens (including phenoxy) is 1. The predicted octanol–water partition coefficient (Wildman–Crippen LogP) is 4.32. The van der Waals surface area contributed by atoms with Crippen molar-refractivity contribution in [3.63, 3.8) is 0 Å². The first-order valence-electron chi connectivity index (χ1n) is 11.4. The molecule has 1 atom stereocenters. The Morgan fingerprint density at radius 2 is 1.79 bits per heavy atom. The summed E-state index contributed by atoms with van der Waals surface area (Å²) in [6.45, 7) is 11.7. The highest BCUT2D eigenvalue weighted by molar-refractivity contribution is 5.56. The molecule has 176 valence electrons. The topological polar surface area (TPSA) is 84.5 Å². The molecular weight excluding hydrogens is 416 g/mol. The third kappa shape index (κ3) is 3.98. The number of aliphatic hydroxyl groups is 1. The van der Waals surface area contributed by atoms with Crippen LogP contribution in [0.25, 0.3) is 11.4 Å². The van der Waals surface area contributed by atoms with E-state index >= 15 is 0 Å². The van der Waals surface area contributed by atoms with Crippen LogP contribution in [0, 0.1) is 5.41 Å². The lowest BCUT2D eigenvalue weighted by Crippen LogP contribution is -2.63. The number of hydrogen-bond donors (Lipinski definition) is 1. The van der Waals surface area contributed by atoms with Gasteiger partial charge in [0, 0.05) is 49.1 Å². The van der Waals surface area contributed by atoms with E-state index < -0.39 is 11.2 Å². The minimum absolute atomic E-state index is 0.373. The van der Waals surface area contributed by atoms with Gasteiger partial charge < -0.3 is 19.3 Å². The van der Waals surface area contributed by atoms with Gasteiger partial charge in [-0.3, -0.25) is 4.98 Å². The lowest BCUT2D eigenvalue weighted by atomic mass is 9.62. The van der Waals surface area contributed by atoms with Crippen LogP contribution >= 0.6 is 0 Å². The molecule has 0 amide bonds. The number of methoxy groups -OCH3 is 1. The third-order valence-corrected chi connectivity index (χ3v) is 6.97. The van der Waals surface area contributed by atoms with Crippen LogP contribution in [-0.2, 0) is 15.9 Å². The summed E-state index contributed by atoms with van der Waals surface area (Å²) in [7, 11) is 3.67. The van der Waals surface area contributed by atoms with Crippen molar-refractivity contribution in [2.45, 2.75) is 51.7 Å². The summed E-state index contributed by atoms with van der Waals surface area (Å²) in [5.41, 5.74) is 1.20. The van der Waals surface area contributed by atoms with Crippen molar-refractivity contribution in [3.05, 3.63) is 65.3 Å². The highest BCUT2D eigenvalue weighted by Gasteiger charge is 2.55. The number of likely N-dealkylation sites (tertiary alicyclic amines) is 1. The van der Waals surface area contributed by atoms with Crippen LogP contribution in [0.15, 0.2) is 47.2 Å². The largest absolute Gasteiger partial charge is 0.380 e. The van der Waals surface area contributed by atoms with E-state index in [4.69, 9.17) is 9.26 Å². The van der Waals surface area contributed by atoms with Gasteiger partial charge in [-0.05, 0) is 44.0 Å². The maximum absolute atomic E-state index is 12.4. The molecule has 0 spiro atoms. The molecule has 3 heterocycles.